The van der Waals surface area contributed by atoms with E-state index < -0.39 is 5.97 Å². The summed E-state index contributed by atoms with van der Waals surface area (Å²) in [6.07, 6.45) is 3.56. The van der Waals surface area contributed by atoms with Crippen molar-refractivity contribution >= 4 is 11.5 Å². The van der Waals surface area contributed by atoms with Gasteiger partial charge in [0.15, 0.2) is 0 Å². The molecule has 0 amide bonds. The van der Waals surface area contributed by atoms with E-state index in [9.17, 15) is 4.79 Å². The van der Waals surface area contributed by atoms with Crippen molar-refractivity contribution in [3.05, 3.63) is 47.2 Å². The monoisotopic (exact) mass is 186 g/mol. The van der Waals surface area contributed by atoms with E-state index in [0.717, 1.165) is 16.7 Å². The highest BCUT2D eigenvalue weighted by Gasteiger charge is 2.29. The summed E-state index contributed by atoms with van der Waals surface area (Å²) in [6.45, 7) is 0. The van der Waals surface area contributed by atoms with Crippen LogP contribution in [0.3, 0.4) is 0 Å². The number of rotatable bonds is 1. The lowest BCUT2D eigenvalue weighted by Gasteiger charge is -2.12. The quantitative estimate of drug-likeness (QED) is 0.730. The molecular formula is C11H6O3. The number of allylic oxidation sites excluding steroid dienone is 3. The number of carboxylic acids is 1. The Kier molecular flexibility index (Phi) is 1.19. The van der Waals surface area contributed by atoms with Crippen LogP contribution in [0.4, 0.5) is 0 Å². The molecule has 0 radical (unpaired) electrons. The predicted molar refractivity (Wildman–Crippen MR) is 50.1 cm³/mol. The normalized spacial score (nSPS) is 15.7. The zero-order valence-corrected chi connectivity index (χ0v) is 7.15. The minimum atomic E-state index is -0.958. The summed E-state index contributed by atoms with van der Waals surface area (Å²) in [5.74, 6) is -0.507. The maximum atomic E-state index is 10.9. The van der Waals surface area contributed by atoms with E-state index in [0.29, 0.717) is 5.75 Å². The molecule has 1 N–H and O–H groups in total. The first-order chi connectivity index (χ1) is 6.77. The number of carbonyl (C=O) groups is 1. The number of hydrogen-bond acceptors (Lipinski definition) is 2. The van der Waals surface area contributed by atoms with E-state index in [2.05, 4.69) is 0 Å². The van der Waals surface area contributed by atoms with E-state index in [1.165, 1.54) is 0 Å². The fraction of sp³-hybridized carbons (Fsp3) is 0. The molecular weight excluding hydrogens is 180 g/mol. The standard InChI is InChI=1S/C11H6O3/c12-11(13)8-3-1-2-7-9-4-6(9)5-14-10(7)8/h1-5H,(H,12,13). The predicted octanol–water partition coefficient (Wildman–Crippen LogP) is 2.06. The largest absolute Gasteiger partial charge is 0.478 e. The number of ether oxygens (including phenoxy) is 1. The molecule has 3 heteroatoms. The van der Waals surface area contributed by atoms with Crippen LogP contribution >= 0.6 is 0 Å². The molecule has 68 valence electrons. The van der Waals surface area contributed by atoms with E-state index >= 15 is 0 Å². The van der Waals surface area contributed by atoms with Gasteiger partial charge in [0.2, 0.25) is 0 Å². The third-order valence-electron chi connectivity index (χ3n) is 2.37. The highest BCUT2D eigenvalue weighted by atomic mass is 16.5. The number of para-hydroxylation sites is 1. The Hall–Kier alpha value is -2.03. The van der Waals surface area contributed by atoms with Crippen molar-refractivity contribution < 1.29 is 14.6 Å². The molecule has 1 heterocycles. The summed E-state index contributed by atoms with van der Waals surface area (Å²) >= 11 is 0. The maximum Gasteiger partial charge on any atom is 0.339 e. The van der Waals surface area contributed by atoms with Crippen molar-refractivity contribution in [3.8, 4) is 5.75 Å². The molecule has 1 aromatic carbocycles. The Morgan fingerprint density at radius 3 is 3.00 bits per heavy atom. The van der Waals surface area contributed by atoms with Gasteiger partial charge >= 0.3 is 5.97 Å². The van der Waals surface area contributed by atoms with Gasteiger partial charge in [0.25, 0.3) is 0 Å². The molecule has 1 aliphatic heterocycles. The van der Waals surface area contributed by atoms with E-state index in [1.54, 1.807) is 18.4 Å². The Morgan fingerprint density at radius 1 is 1.36 bits per heavy atom. The SMILES string of the molecule is O=C(O)c1cccc2c1OC=C1C=C12. The molecule has 0 unspecified atom stereocenters. The Bertz CT molecular complexity index is 509. The maximum absolute atomic E-state index is 10.9. The summed E-state index contributed by atoms with van der Waals surface area (Å²) in [6, 6.07) is 5.14. The second-order valence-corrected chi connectivity index (χ2v) is 3.24. The van der Waals surface area contributed by atoms with Crippen LogP contribution in [0, 0.1) is 0 Å². The van der Waals surface area contributed by atoms with Crippen molar-refractivity contribution in [1.29, 1.82) is 0 Å². The number of benzene rings is 1. The molecule has 0 saturated carbocycles. The van der Waals surface area contributed by atoms with Gasteiger partial charge in [-0.3, -0.25) is 0 Å². The van der Waals surface area contributed by atoms with Gasteiger partial charge in [0.05, 0.1) is 6.26 Å². The first kappa shape index (κ1) is 7.38. The minimum absolute atomic E-state index is 0.214. The Morgan fingerprint density at radius 2 is 2.21 bits per heavy atom. The molecule has 0 saturated heterocycles. The Labute approximate surface area is 79.9 Å². The average molecular weight is 186 g/mol. The second-order valence-electron chi connectivity index (χ2n) is 3.24. The molecule has 3 rings (SSSR count). The molecule has 0 atom stereocenters. The molecule has 0 spiro atoms. The van der Waals surface area contributed by atoms with Crippen LogP contribution in [-0.4, -0.2) is 11.1 Å². The third kappa shape index (κ3) is 0.836. The number of hydrogen-bond donors (Lipinski definition) is 1. The highest BCUT2D eigenvalue weighted by Crippen LogP contribution is 2.46. The smallest absolute Gasteiger partial charge is 0.339 e. The molecule has 2 aliphatic rings. The second kappa shape index (κ2) is 2.26. The zero-order valence-electron chi connectivity index (χ0n) is 7.15. The van der Waals surface area contributed by atoms with E-state index in [-0.39, 0.29) is 5.56 Å². The van der Waals surface area contributed by atoms with Crippen LogP contribution in [0.2, 0.25) is 0 Å². The molecule has 3 nitrogen and oxygen atoms in total. The van der Waals surface area contributed by atoms with Crippen molar-refractivity contribution in [1.82, 2.24) is 0 Å². The van der Waals surface area contributed by atoms with Crippen LogP contribution in [-0.2, 0) is 0 Å². The fourth-order valence-corrected chi connectivity index (χ4v) is 1.62. The first-order valence-electron chi connectivity index (χ1n) is 4.23. The lowest BCUT2D eigenvalue weighted by atomic mass is 10.0. The van der Waals surface area contributed by atoms with Crippen molar-refractivity contribution in [2.75, 3.05) is 0 Å². The van der Waals surface area contributed by atoms with Gasteiger partial charge in [-0.15, -0.1) is 0 Å². The summed E-state index contributed by atoms with van der Waals surface area (Å²) in [5, 5.41) is 8.92. The first-order valence-corrected chi connectivity index (χ1v) is 4.23. The van der Waals surface area contributed by atoms with Gasteiger partial charge in [-0.2, -0.15) is 0 Å². The topological polar surface area (TPSA) is 46.5 Å². The summed E-state index contributed by atoms with van der Waals surface area (Å²) in [5.41, 5.74) is 3.24. The van der Waals surface area contributed by atoms with E-state index in [4.69, 9.17) is 9.84 Å². The molecule has 0 aromatic heterocycles. The Balaban J connectivity index is 2.24. The lowest BCUT2D eigenvalue weighted by Crippen LogP contribution is -2.03. The molecule has 0 bridgehead atoms. The lowest BCUT2D eigenvalue weighted by molar-refractivity contribution is 0.0694. The molecule has 14 heavy (non-hydrogen) atoms. The van der Waals surface area contributed by atoms with Gasteiger partial charge in [0.1, 0.15) is 11.3 Å². The molecule has 0 fully saturated rings. The van der Waals surface area contributed by atoms with Gasteiger partial charge in [-0.05, 0) is 17.7 Å². The fourth-order valence-electron chi connectivity index (χ4n) is 1.62. The third-order valence-corrected chi connectivity index (χ3v) is 2.37. The van der Waals surface area contributed by atoms with Crippen LogP contribution < -0.4 is 4.74 Å². The summed E-state index contributed by atoms with van der Waals surface area (Å²) < 4.78 is 5.27. The number of fused-ring (bicyclic) bond motifs is 3. The highest BCUT2D eigenvalue weighted by molar-refractivity contribution is 6.03. The van der Waals surface area contributed by atoms with Gasteiger partial charge in [-0.25, -0.2) is 4.79 Å². The summed E-state index contributed by atoms with van der Waals surface area (Å²) in [4.78, 5) is 10.9. The van der Waals surface area contributed by atoms with Gasteiger partial charge in [0, 0.05) is 11.1 Å². The van der Waals surface area contributed by atoms with Crippen LogP contribution in [0.25, 0.3) is 5.57 Å². The molecule has 1 aromatic rings. The van der Waals surface area contributed by atoms with Crippen molar-refractivity contribution in [2.45, 2.75) is 0 Å². The van der Waals surface area contributed by atoms with Gasteiger partial charge < -0.3 is 9.84 Å². The van der Waals surface area contributed by atoms with Crippen LogP contribution in [0.1, 0.15) is 15.9 Å². The summed E-state index contributed by atoms with van der Waals surface area (Å²) in [7, 11) is 0. The molecule has 1 aliphatic carbocycles. The van der Waals surface area contributed by atoms with Gasteiger partial charge in [-0.1, -0.05) is 12.1 Å². The van der Waals surface area contributed by atoms with Crippen LogP contribution in [0.15, 0.2) is 36.1 Å². The zero-order chi connectivity index (χ0) is 9.71. The number of carboxylic acid groups (broad SMARTS) is 1. The number of aromatic carboxylic acids is 1. The van der Waals surface area contributed by atoms with Crippen molar-refractivity contribution in [3.63, 3.8) is 0 Å². The van der Waals surface area contributed by atoms with Crippen LogP contribution in [0.5, 0.6) is 5.75 Å². The minimum Gasteiger partial charge on any atom is -0.478 e. The van der Waals surface area contributed by atoms with Crippen molar-refractivity contribution in [2.24, 2.45) is 0 Å². The average Bonchev–Trinajstić information content (AvgIpc) is 2.95. The van der Waals surface area contributed by atoms with E-state index in [1.807, 2.05) is 12.1 Å².